The molecule has 1 aliphatic rings. The van der Waals surface area contributed by atoms with Crippen LogP contribution in [0.25, 0.3) is 6.08 Å². The Labute approximate surface area is 85.0 Å². The predicted molar refractivity (Wildman–Crippen MR) is 60.1 cm³/mol. The van der Waals surface area contributed by atoms with Crippen LogP contribution in [0, 0.1) is 0 Å². The highest BCUT2D eigenvalue weighted by molar-refractivity contribution is 5.48. The largest absolute Gasteiger partial charge is 0.314 e. The van der Waals surface area contributed by atoms with E-state index in [0.717, 1.165) is 19.6 Å². The fourth-order valence-electron chi connectivity index (χ4n) is 1.79. The molecular formula is C12H16N2. The third-order valence-corrected chi connectivity index (χ3v) is 2.59. The van der Waals surface area contributed by atoms with Crippen molar-refractivity contribution >= 4 is 6.08 Å². The summed E-state index contributed by atoms with van der Waals surface area (Å²) in [5, 5.41) is 6.87. The molecule has 0 spiro atoms. The summed E-state index contributed by atoms with van der Waals surface area (Å²) >= 11 is 0. The van der Waals surface area contributed by atoms with Gasteiger partial charge in [-0.3, -0.25) is 0 Å². The van der Waals surface area contributed by atoms with Crippen molar-refractivity contribution < 1.29 is 0 Å². The molecule has 1 aromatic carbocycles. The first-order valence-electron chi connectivity index (χ1n) is 5.06. The van der Waals surface area contributed by atoms with Crippen LogP contribution in [0.1, 0.15) is 17.2 Å². The van der Waals surface area contributed by atoms with E-state index in [1.807, 2.05) is 6.08 Å². The Balaban J connectivity index is 2.17. The number of rotatable bonds is 2. The van der Waals surface area contributed by atoms with Gasteiger partial charge in [0.1, 0.15) is 0 Å². The third kappa shape index (κ3) is 2.03. The van der Waals surface area contributed by atoms with Gasteiger partial charge in [-0.15, -0.1) is 0 Å². The number of hydrogen-bond donors (Lipinski definition) is 2. The van der Waals surface area contributed by atoms with Crippen LogP contribution < -0.4 is 10.6 Å². The van der Waals surface area contributed by atoms with E-state index < -0.39 is 0 Å². The molecule has 0 saturated carbocycles. The molecule has 0 amide bonds. The molecule has 14 heavy (non-hydrogen) atoms. The molecule has 1 aliphatic heterocycles. The molecule has 1 atom stereocenters. The lowest BCUT2D eigenvalue weighted by Gasteiger charge is -2.25. The SMILES string of the molecule is C=Cc1cccc([C@@H]2CNCCN2)c1. The summed E-state index contributed by atoms with van der Waals surface area (Å²) in [7, 11) is 0. The maximum absolute atomic E-state index is 3.78. The Kier molecular flexibility index (Phi) is 2.96. The van der Waals surface area contributed by atoms with Crippen LogP contribution in [0.4, 0.5) is 0 Å². The van der Waals surface area contributed by atoms with Crippen molar-refractivity contribution in [3.05, 3.63) is 42.0 Å². The highest BCUT2D eigenvalue weighted by atomic mass is 15.1. The zero-order chi connectivity index (χ0) is 9.80. The monoisotopic (exact) mass is 188 g/mol. The summed E-state index contributed by atoms with van der Waals surface area (Å²) in [4.78, 5) is 0. The summed E-state index contributed by atoms with van der Waals surface area (Å²) in [6, 6.07) is 8.97. The van der Waals surface area contributed by atoms with Crippen LogP contribution in [0.3, 0.4) is 0 Å². The number of hydrogen-bond acceptors (Lipinski definition) is 2. The third-order valence-electron chi connectivity index (χ3n) is 2.59. The highest BCUT2D eigenvalue weighted by Gasteiger charge is 2.13. The van der Waals surface area contributed by atoms with E-state index in [4.69, 9.17) is 0 Å². The first-order valence-corrected chi connectivity index (χ1v) is 5.06. The van der Waals surface area contributed by atoms with Crippen molar-refractivity contribution in [3.63, 3.8) is 0 Å². The van der Waals surface area contributed by atoms with Crippen molar-refractivity contribution in [3.8, 4) is 0 Å². The summed E-state index contributed by atoms with van der Waals surface area (Å²) in [6.45, 7) is 6.91. The fourth-order valence-corrected chi connectivity index (χ4v) is 1.79. The van der Waals surface area contributed by atoms with E-state index >= 15 is 0 Å². The summed E-state index contributed by atoms with van der Waals surface area (Å²) < 4.78 is 0. The number of benzene rings is 1. The van der Waals surface area contributed by atoms with Crippen molar-refractivity contribution in [1.82, 2.24) is 10.6 Å². The van der Waals surface area contributed by atoms with E-state index in [2.05, 4.69) is 41.5 Å². The van der Waals surface area contributed by atoms with Crippen LogP contribution in [0.5, 0.6) is 0 Å². The van der Waals surface area contributed by atoms with Gasteiger partial charge in [-0.1, -0.05) is 36.9 Å². The van der Waals surface area contributed by atoms with Crippen LogP contribution in [-0.2, 0) is 0 Å². The lowest BCUT2D eigenvalue weighted by molar-refractivity contribution is 0.430. The van der Waals surface area contributed by atoms with Gasteiger partial charge in [0.25, 0.3) is 0 Å². The molecule has 0 unspecified atom stereocenters. The first kappa shape index (κ1) is 9.44. The summed E-state index contributed by atoms with van der Waals surface area (Å²) in [5.41, 5.74) is 2.53. The van der Waals surface area contributed by atoms with E-state index in [0.29, 0.717) is 6.04 Å². The fraction of sp³-hybridized carbons (Fsp3) is 0.333. The molecule has 2 N–H and O–H groups in total. The smallest absolute Gasteiger partial charge is 0.0447 e. The number of nitrogens with one attached hydrogen (secondary N) is 2. The molecule has 1 fully saturated rings. The second kappa shape index (κ2) is 4.40. The minimum absolute atomic E-state index is 0.448. The Morgan fingerprint density at radius 2 is 2.29 bits per heavy atom. The molecule has 2 heteroatoms. The predicted octanol–water partition coefficient (Wildman–Crippen LogP) is 1.56. The normalized spacial score (nSPS) is 21.9. The Hall–Kier alpha value is -1.12. The summed E-state index contributed by atoms with van der Waals surface area (Å²) in [5.74, 6) is 0. The van der Waals surface area contributed by atoms with Gasteiger partial charge in [0.05, 0.1) is 0 Å². The average molecular weight is 188 g/mol. The van der Waals surface area contributed by atoms with Crippen LogP contribution in [-0.4, -0.2) is 19.6 Å². The Morgan fingerprint density at radius 1 is 1.36 bits per heavy atom. The molecule has 0 bridgehead atoms. The Morgan fingerprint density at radius 3 is 3.00 bits per heavy atom. The zero-order valence-corrected chi connectivity index (χ0v) is 8.29. The van der Waals surface area contributed by atoms with Crippen LogP contribution in [0.15, 0.2) is 30.8 Å². The molecular weight excluding hydrogens is 172 g/mol. The second-order valence-corrected chi connectivity index (χ2v) is 3.59. The minimum Gasteiger partial charge on any atom is -0.314 e. The number of piperazine rings is 1. The summed E-state index contributed by atoms with van der Waals surface area (Å²) in [6.07, 6.45) is 1.89. The van der Waals surface area contributed by atoms with Gasteiger partial charge in [-0.2, -0.15) is 0 Å². The molecule has 74 valence electrons. The minimum atomic E-state index is 0.448. The van der Waals surface area contributed by atoms with Crippen molar-refractivity contribution in [2.45, 2.75) is 6.04 Å². The van der Waals surface area contributed by atoms with E-state index in [1.165, 1.54) is 11.1 Å². The van der Waals surface area contributed by atoms with Gasteiger partial charge < -0.3 is 10.6 Å². The zero-order valence-electron chi connectivity index (χ0n) is 8.29. The van der Waals surface area contributed by atoms with E-state index in [1.54, 1.807) is 0 Å². The Bertz CT molecular complexity index is 314. The lowest BCUT2D eigenvalue weighted by Crippen LogP contribution is -2.42. The molecule has 0 radical (unpaired) electrons. The van der Waals surface area contributed by atoms with Gasteiger partial charge in [-0.25, -0.2) is 0 Å². The first-order chi connectivity index (χ1) is 6.90. The van der Waals surface area contributed by atoms with Gasteiger partial charge >= 0.3 is 0 Å². The lowest BCUT2D eigenvalue weighted by atomic mass is 10.0. The molecule has 0 aliphatic carbocycles. The topological polar surface area (TPSA) is 24.1 Å². The van der Waals surface area contributed by atoms with E-state index in [-0.39, 0.29) is 0 Å². The maximum Gasteiger partial charge on any atom is 0.0447 e. The van der Waals surface area contributed by atoms with E-state index in [9.17, 15) is 0 Å². The molecule has 2 rings (SSSR count). The van der Waals surface area contributed by atoms with Gasteiger partial charge in [-0.05, 0) is 11.1 Å². The molecule has 0 aromatic heterocycles. The molecule has 1 heterocycles. The highest BCUT2D eigenvalue weighted by Crippen LogP contribution is 2.15. The van der Waals surface area contributed by atoms with Crippen LogP contribution >= 0.6 is 0 Å². The standard InChI is InChI=1S/C12H16N2/c1-2-10-4-3-5-11(8-10)12-9-13-6-7-14-12/h2-5,8,12-14H,1,6-7,9H2/t12-/m0/s1. The average Bonchev–Trinajstić information content (AvgIpc) is 2.30. The molecule has 1 aromatic rings. The second-order valence-electron chi connectivity index (χ2n) is 3.59. The van der Waals surface area contributed by atoms with Crippen LogP contribution in [0.2, 0.25) is 0 Å². The van der Waals surface area contributed by atoms with Crippen molar-refractivity contribution in [2.24, 2.45) is 0 Å². The van der Waals surface area contributed by atoms with Gasteiger partial charge in [0, 0.05) is 25.7 Å². The molecule has 1 saturated heterocycles. The maximum atomic E-state index is 3.78. The molecule has 2 nitrogen and oxygen atoms in total. The van der Waals surface area contributed by atoms with Crippen molar-refractivity contribution in [1.29, 1.82) is 0 Å². The van der Waals surface area contributed by atoms with Crippen molar-refractivity contribution in [2.75, 3.05) is 19.6 Å². The van der Waals surface area contributed by atoms with Gasteiger partial charge in [0.2, 0.25) is 0 Å². The quantitative estimate of drug-likeness (QED) is 0.736. The van der Waals surface area contributed by atoms with Gasteiger partial charge in [0.15, 0.2) is 0 Å².